The maximum absolute atomic E-state index is 12.1. The Bertz CT molecular complexity index is 374. The lowest BCUT2D eigenvalue weighted by Gasteiger charge is -2.14. The fourth-order valence-electron chi connectivity index (χ4n) is 1.12. The average molecular weight is 234 g/mol. The van der Waals surface area contributed by atoms with Crippen LogP contribution in [0.5, 0.6) is 11.5 Å². The predicted molar refractivity (Wildman–Crippen MR) is 49.7 cm³/mol. The molecule has 16 heavy (non-hydrogen) atoms. The summed E-state index contributed by atoms with van der Waals surface area (Å²) >= 11 is 0. The molecule has 0 N–H and O–H groups in total. The van der Waals surface area contributed by atoms with Crippen LogP contribution in [0.1, 0.15) is 17.3 Å². The summed E-state index contributed by atoms with van der Waals surface area (Å²) < 4.78 is 44.9. The summed E-state index contributed by atoms with van der Waals surface area (Å²) in [6.45, 7) is 1.79. The Morgan fingerprint density at radius 3 is 2.56 bits per heavy atom. The molecular formula is C10H9F3O3. The zero-order chi connectivity index (χ0) is 12.2. The standard InChI is InChI=1S/C10H9F3O3/c1-2-15-8-5-3-4-7(6-14)9(8)16-10(11,12)13/h3-6H,2H2,1H3. The molecule has 1 aromatic carbocycles. The first-order valence-electron chi connectivity index (χ1n) is 4.44. The van der Waals surface area contributed by atoms with E-state index < -0.39 is 12.1 Å². The summed E-state index contributed by atoms with van der Waals surface area (Å²) in [5, 5.41) is 0. The number of hydrogen-bond acceptors (Lipinski definition) is 3. The number of ether oxygens (including phenoxy) is 2. The van der Waals surface area contributed by atoms with Gasteiger partial charge in [-0.3, -0.25) is 4.79 Å². The molecule has 0 atom stereocenters. The van der Waals surface area contributed by atoms with Crippen molar-refractivity contribution < 1.29 is 27.4 Å². The average Bonchev–Trinajstić information content (AvgIpc) is 2.19. The van der Waals surface area contributed by atoms with Crippen LogP contribution in [0.2, 0.25) is 0 Å². The van der Waals surface area contributed by atoms with E-state index in [1.807, 2.05) is 0 Å². The summed E-state index contributed by atoms with van der Waals surface area (Å²) in [6, 6.07) is 3.94. The van der Waals surface area contributed by atoms with Gasteiger partial charge in [0, 0.05) is 0 Å². The van der Waals surface area contributed by atoms with E-state index in [9.17, 15) is 18.0 Å². The highest BCUT2D eigenvalue weighted by Crippen LogP contribution is 2.34. The number of para-hydroxylation sites is 1. The number of benzene rings is 1. The molecule has 0 spiro atoms. The molecule has 0 aliphatic carbocycles. The molecule has 1 aromatic rings. The molecule has 0 bridgehead atoms. The highest BCUT2D eigenvalue weighted by Gasteiger charge is 2.33. The van der Waals surface area contributed by atoms with Crippen molar-refractivity contribution in [1.29, 1.82) is 0 Å². The molecule has 0 heterocycles. The fourth-order valence-corrected chi connectivity index (χ4v) is 1.12. The van der Waals surface area contributed by atoms with Crippen LogP contribution in [0.3, 0.4) is 0 Å². The summed E-state index contributed by atoms with van der Waals surface area (Å²) in [4.78, 5) is 10.6. The van der Waals surface area contributed by atoms with Gasteiger partial charge in [-0.2, -0.15) is 0 Å². The van der Waals surface area contributed by atoms with Gasteiger partial charge in [-0.05, 0) is 19.1 Å². The van der Waals surface area contributed by atoms with Crippen molar-refractivity contribution in [3.8, 4) is 11.5 Å². The monoisotopic (exact) mass is 234 g/mol. The molecule has 88 valence electrons. The number of hydrogen-bond donors (Lipinski definition) is 0. The van der Waals surface area contributed by atoms with E-state index in [0.717, 1.165) is 0 Å². The lowest BCUT2D eigenvalue weighted by molar-refractivity contribution is -0.275. The number of aldehydes is 1. The molecule has 0 aromatic heterocycles. The van der Waals surface area contributed by atoms with Gasteiger partial charge in [-0.1, -0.05) is 6.07 Å². The maximum atomic E-state index is 12.1. The van der Waals surface area contributed by atoms with Gasteiger partial charge in [0.15, 0.2) is 17.8 Å². The van der Waals surface area contributed by atoms with Gasteiger partial charge in [0.25, 0.3) is 0 Å². The number of alkyl halides is 3. The number of rotatable bonds is 4. The zero-order valence-corrected chi connectivity index (χ0v) is 8.38. The molecule has 0 saturated heterocycles. The van der Waals surface area contributed by atoms with Crippen LogP contribution in [0.25, 0.3) is 0 Å². The van der Waals surface area contributed by atoms with Crippen LogP contribution < -0.4 is 9.47 Å². The smallest absolute Gasteiger partial charge is 0.490 e. The molecule has 0 saturated carbocycles. The molecule has 6 heteroatoms. The van der Waals surface area contributed by atoms with E-state index in [1.54, 1.807) is 6.92 Å². The molecule has 0 unspecified atom stereocenters. The van der Waals surface area contributed by atoms with Crippen molar-refractivity contribution in [3.05, 3.63) is 23.8 Å². The van der Waals surface area contributed by atoms with Crippen molar-refractivity contribution in [3.63, 3.8) is 0 Å². The van der Waals surface area contributed by atoms with Crippen LogP contribution in [-0.2, 0) is 0 Å². The predicted octanol–water partition coefficient (Wildman–Crippen LogP) is 2.80. The Morgan fingerprint density at radius 2 is 2.06 bits per heavy atom. The Hall–Kier alpha value is -1.72. The van der Waals surface area contributed by atoms with E-state index in [1.165, 1.54) is 18.2 Å². The van der Waals surface area contributed by atoms with Crippen LogP contribution in [0, 0.1) is 0 Å². The van der Waals surface area contributed by atoms with Gasteiger partial charge in [0.05, 0.1) is 12.2 Å². The van der Waals surface area contributed by atoms with Crippen molar-refractivity contribution in [2.45, 2.75) is 13.3 Å². The molecular weight excluding hydrogens is 225 g/mol. The zero-order valence-electron chi connectivity index (χ0n) is 8.38. The van der Waals surface area contributed by atoms with Crippen molar-refractivity contribution in [2.24, 2.45) is 0 Å². The minimum atomic E-state index is -4.86. The molecule has 0 aliphatic heterocycles. The maximum Gasteiger partial charge on any atom is 0.573 e. The van der Waals surface area contributed by atoms with Crippen molar-refractivity contribution in [1.82, 2.24) is 0 Å². The second-order valence-corrected chi connectivity index (χ2v) is 2.77. The summed E-state index contributed by atoms with van der Waals surface area (Å²) in [7, 11) is 0. The third kappa shape index (κ3) is 3.15. The Labute approximate surface area is 89.8 Å². The Kier molecular flexibility index (Phi) is 3.76. The van der Waals surface area contributed by atoms with Crippen molar-refractivity contribution in [2.75, 3.05) is 6.61 Å². The van der Waals surface area contributed by atoms with E-state index in [-0.39, 0.29) is 24.2 Å². The SMILES string of the molecule is CCOc1cccc(C=O)c1OC(F)(F)F. The van der Waals surface area contributed by atoms with Crippen LogP contribution >= 0.6 is 0 Å². The normalized spacial score (nSPS) is 11.0. The first-order chi connectivity index (χ1) is 7.48. The first kappa shape index (κ1) is 12.4. The molecule has 0 fully saturated rings. The molecule has 0 aliphatic rings. The Morgan fingerprint density at radius 1 is 1.38 bits per heavy atom. The summed E-state index contributed by atoms with van der Waals surface area (Å²) in [6.07, 6.45) is -4.57. The van der Waals surface area contributed by atoms with Gasteiger partial charge in [-0.25, -0.2) is 0 Å². The lowest BCUT2D eigenvalue weighted by atomic mass is 10.2. The van der Waals surface area contributed by atoms with Crippen LogP contribution in [-0.4, -0.2) is 19.3 Å². The van der Waals surface area contributed by atoms with E-state index >= 15 is 0 Å². The largest absolute Gasteiger partial charge is 0.573 e. The van der Waals surface area contributed by atoms with Gasteiger partial charge in [0.1, 0.15) is 0 Å². The topological polar surface area (TPSA) is 35.5 Å². The van der Waals surface area contributed by atoms with E-state index in [0.29, 0.717) is 0 Å². The Balaban J connectivity index is 3.14. The lowest BCUT2D eigenvalue weighted by Crippen LogP contribution is -2.18. The number of carbonyl (C=O) groups is 1. The quantitative estimate of drug-likeness (QED) is 0.751. The van der Waals surface area contributed by atoms with Gasteiger partial charge in [0.2, 0.25) is 0 Å². The van der Waals surface area contributed by atoms with Gasteiger partial charge < -0.3 is 9.47 Å². The van der Waals surface area contributed by atoms with E-state index in [2.05, 4.69) is 4.74 Å². The minimum Gasteiger partial charge on any atom is -0.490 e. The van der Waals surface area contributed by atoms with Crippen LogP contribution in [0.4, 0.5) is 13.2 Å². The number of carbonyl (C=O) groups excluding carboxylic acids is 1. The fraction of sp³-hybridized carbons (Fsp3) is 0.300. The third-order valence-corrected chi connectivity index (χ3v) is 1.65. The third-order valence-electron chi connectivity index (χ3n) is 1.65. The van der Waals surface area contributed by atoms with Crippen LogP contribution in [0.15, 0.2) is 18.2 Å². The van der Waals surface area contributed by atoms with Gasteiger partial charge in [-0.15, -0.1) is 13.2 Å². The second kappa shape index (κ2) is 4.87. The first-order valence-corrected chi connectivity index (χ1v) is 4.44. The minimum absolute atomic E-state index is 0.107. The van der Waals surface area contributed by atoms with E-state index in [4.69, 9.17) is 4.74 Å². The van der Waals surface area contributed by atoms with Gasteiger partial charge >= 0.3 is 6.36 Å². The number of halogens is 3. The highest BCUT2D eigenvalue weighted by atomic mass is 19.4. The highest BCUT2D eigenvalue weighted by molar-refractivity contribution is 5.81. The summed E-state index contributed by atoms with van der Waals surface area (Å²) in [5.74, 6) is -0.712. The molecule has 1 rings (SSSR count). The molecule has 0 amide bonds. The molecule has 3 nitrogen and oxygen atoms in total. The summed E-state index contributed by atoms with van der Waals surface area (Å²) in [5.41, 5.74) is -0.205. The molecule has 0 radical (unpaired) electrons. The second-order valence-electron chi connectivity index (χ2n) is 2.77. The van der Waals surface area contributed by atoms with Crippen molar-refractivity contribution >= 4 is 6.29 Å².